The van der Waals surface area contributed by atoms with Gasteiger partial charge in [0.05, 0.1) is 0 Å². The van der Waals surface area contributed by atoms with Crippen LogP contribution in [-0.4, -0.2) is 43.2 Å². The van der Waals surface area contributed by atoms with Gasteiger partial charge in [-0.1, -0.05) is 23.2 Å². The van der Waals surface area contributed by atoms with Crippen LogP contribution in [0.5, 0.6) is 5.75 Å². The number of nitrogens with zero attached hydrogens (tertiary/aromatic N) is 1. The second-order valence-electron chi connectivity index (χ2n) is 6.65. The zero-order valence-electron chi connectivity index (χ0n) is 13.8. The van der Waals surface area contributed by atoms with Crippen LogP contribution in [-0.2, 0) is 9.53 Å². The number of halogens is 2. The van der Waals surface area contributed by atoms with Crippen molar-refractivity contribution in [1.82, 2.24) is 4.90 Å². The molecular formula is C18H23Cl2NO3. The summed E-state index contributed by atoms with van der Waals surface area (Å²) < 4.78 is 11.2. The van der Waals surface area contributed by atoms with Crippen LogP contribution in [0.25, 0.3) is 0 Å². The van der Waals surface area contributed by atoms with Crippen LogP contribution < -0.4 is 4.74 Å². The van der Waals surface area contributed by atoms with Gasteiger partial charge in [0, 0.05) is 36.3 Å². The van der Waals surface area contributed by atoms with Crippen LogP contribution in [0.15, 0.2) is 18.2 Å². The molecule has 1 aromatic rings. The first-order valence-electron chi connectivity index (χ1n) is 8.52. The molecule has 0 spiro atoms. The van der Waals surface area contributed by atoms with E-state index in [2.05, 4.69) is 0 Å². The van der Waals surface area contributed by atoms with Crippen LogP contribution in [0.1, 0.15) is 26.2 Å². The van der Waals surface area contributed by atoms with Crippen molar-refractivity contribution in [1.29, 1.82) is 0 Å². The van der Waals surface area contributed by atoms with E-state index in [4.69, 9.17) is 32.7 Å². The molecule has 0 radical (unpaired) electrons. The molecule has 24 heavy (non-hydrogen) atoms. The average molecular weight is 372 g/mol. The van der Waals surface area contributed by atoms with Crippen LogP contribution in [0.3, 0.4) is 0 Å². The molecule has 2 atom stereocenters. The van der Waals surface area contributed by atoms with Gasteiger partial charge in [0.1, 0.15) is 5.75 Å². The summed E-state index contributed by atoms with van der Waals surface area (Å²) in [5, 5.41) is 0.996. The number of rotatable bonds is 4. The third-order valence-corrected chi connectivity index (χ3v) is 5.40. The maximum atomic E-state index is 12.7. The molecule has 6 heteroatoms. The van der Waals surface area contributed by atoms with E-state index in [1.54, 1.807) is 25.1 Å². The highest BCUT2D eigenvalue weighted by molar-refractivity contribution is 6.34. The minimum absolute atomic E-state index is 0.0284. The van der Waals surface area contributed by atoms with Crippen LogP contribution in [0.2, 0.25) is 10.0 Å². The van der Waals surface area contributed by atoms with Crippen molar-refractivity contribution < 1.29 is 14.3 Å². The summed E-state index contributed by atoms with van der Waals surface area (Å²) in [4.78, 5) is 14.6. The van der Waals surface area contributed by atoms with Gasteiger partial charge >= 0.3 is 0 Å². The smallest absolute Gasteiger partial charge is 0.263 e. The molecule has 132 valence electrons. The topological polar surface area (TPSA) is 38.8 Å². The Kier molecular flexibility index (Phi) is 5.90. The molecular weight excluding hydrogens is 349 g/mol. The molecule has 0 N–H and O–H groups in total. The summed E-state index contributed by atoms with van der Waals surface area (Å²) in [7, 11) is 0. The van der Waals surface area contributed by atoms with E-state index in [-0.39, 0.29) is 5.91 Å². The van der Waals surface area contributed by atoms with Crippen LogP contribution >= 0.6 is 23.2 Å². The molecule has 4 nitrogen and oxygen atoms in total. The zero-order chi connectivity index (χ0) is 17.1. The fourth-order valence-corrected chi connectivity index (χ4v) is 4.17. The maximum absolute atomic E-state index is 12.7. The molecule has 2 aliphatic rings. The summed E-state index contributed by atoms with van der Waals surface area (Å²) in [5.41, 5.74) is 0. The number of carbonyl (C=O) groups excluding carboxylic acids is 1. The van der Waals surface area contributed by atoms with E-state index >= 15 is 0 Å². The van der Waals surface area contributed by atoms with E-state index in [1.807, 2.05) is 4.90 Å². The monoisotopic (exact) mass is 371 g/mol. The van der Waals surface area contributed by atoms with Gasteiger partial charge < -0.3 is 14.4 Å². The van der Waals surface area contributed by atoms with E-state index in [1.165, 1.54) is 0 Å². The molecule has 0 aromatic heterocycles. The minimum Gasteiger partial charge on any atom is -0.481 e. The molecule has 2 heterocycles. The van der Waals surface area contributed by atoms with Crippen LogP contribution in [0, 0.1) is 11.8 Å². The normalized spacial score (nSPS) is 23.3. The van der Waals surface area contributed by atoms with Crippen molar-refractivity contribution in [3.05, 3.63) is 28.2 Å². The molecule has 0 saturated carbocycles. The molecule has 3 rings (SSSR count). The summed E-state index contributed by atoms with van der Waals surface area (Å²) in [6.07, 6.45) is 2.75. The van der Waals surface area contributed by atoms with Crippen molar-refractivity contribution >= 4 is 29.1 Å². The van der Waals surface area contributed by atoms with Crippen molar-refractivity contribution in [2.75, 3.05) is 26.3 Å². The van der Waals surface area contributed by atoms with E-state index in [0.717, 1.165) is 45.6 Å². The zero-order valence-corrected chi connectivity index (χ0v) is 15.4. The largest absolute Gasteiger partial charge is 0.481 e. The van der Waals surface area contributed by atoms with Gasteiger partial charge in [-0.15, -0.1) is 0 Å². The Hall–Kier alpha value is -0.970. The lowest BCUT2D eigenvalue weighted by Crippen LogP contribution is -2.39. The Morgan fingerprint density at radius 1 is 1.17 bits per heavy atom. The summed E-state index contributed by atoms with van der Waals surface area (Å²) >= 11 is 12.0. The molecule has 2 aliphatic heterocycles. The van der Waals surface area contributed by atoms with Gasteiger partial charge in [0.25, 0.3) is 5.91 Å². The number of hydrogen-bond acceptors (Lipinski definition) is 3. The SMILES string of the molecule is C[C@@H](Oc1cc(Cl)cc(Cl)c1)C(=O)N1CC[C@H](C2CCOCC2)C1. The molecule has 2 saturated heterocycles. The molecule has 1 aromatic carbocycles. The second kappa shape index (κ2) is 7.94. The Labute approximate surface area is 153 Å². The third kappa shape index (κ3) is 4.35. The first-order valence-corrected chi connectivity index (χ1v) is 9.28. The Balaban J connectivity index is 1.55. The lowest BCUT2D eigenvalue weighted by Gasteiger charge is -2.28. The Morgan fingerprint density at radius 2 is 1.83 bits per heavy atom. The summed E-state index contributed by atoms with van der Waals surface area (Å²) in [6, 6.07) is 4.99. The molecule has 2 fully saturated rings. The fraction of sp³-hybridized carbons (Fsp3) is 0.611. The molecule has 1 amide bonds. The molecule has 0 unspecified atom stereocenters. The number of hydrogen-bond donors (Lipinski definition) is 0. The lowest BCUT2D eigenvalue weighted by molar-refractivity contribution is -0.137. The lowest BCUT2D eigenvalue weighted by atomic mass is 9.85. The summed E-state index contributed by atoms with van der Waals surface area (Å²) in [6.45, 7) is 5.12. The average Bonchev–Trinajstić information content (AvgIpc) is 3.04. The standard InChI is InChI=1S/C18H23Cl2NO3/c1-12(24-17-9-15(19)8-16(20)10-17)18(22)21-5-2-14(11-21)13-3-6-23-7-4-13/h8-10,12-14H,2-7,11H2,1H3/t12-,14+/m1/s1. The Bertz CT molecular complexity index is 569. The highest BCUT2D eigenvalue weighted by atomic mass is 35.5. The first kappa shape index (κ1) is 17.8. The Morgan fingerprint density at radius 3 is 2.50 bits per heavy atom. The first-order chi connectivity index (χ1) is 11.5. The van der Waals surface area contributed by atoms with Gasteiger partial charge in [0.15, 0.2) is 6.10 Å². The fourth-order valence-electron chi connectivity index (χ4n) is 3.67. The molecule has 0 bridgehead atoms. The second-order valence-corrected chi connectivity index (χ2v) is 7.52. The van der Waals surface area contributed by atoms with Gasteiger partial charge in [-0.05, 0) is 56.2 Å². The van der Waals surface area contributed by atoms with Gasteiger partial charge in [0.2, 0.25) is 0 Å². The number of benzene rings is 1. The number of likely N-dealkylation sites (tertiary alicyclic amines) is 1. The summed E-state index contributed by atoms with van der Waals surface area (Å²) in [5.74, 6) is 1.82. The van der Waals surface area contributed by atoms with Crippen molar-refractivity contribution in [2.24, 2.45) is 11.8 Å². The highest BCUT2D eigenvalue weighted by Gasteiger charge is 2.34. The number of ether oxygens (including phenoxy) is 2. The number of carbonyl (C=O) groups is 1. The van der Waals surface area contributed by atoms with Crippen molar-refractivity contribution in [2.45, 2.75) is 32.3 Å². The minimum atomic E-state index is -0.548. The maximum Gasteiger partial charge on any atom is 0.263 e. The molecule has 0 aliphatic carbocycles. The van der Waals surface area contributed by atoms with E-state index in [0.29, 0.717) is 27.6 Å². The highest BCUT2D eigenvalue weighted by Crippen LogP contribution is 2.32. The van der Waals surface area contributed by atoms with E-state index in [9.17, 15) is 4.79 Å². The third-order valence-electron chi connectivity index (χ3n) is 4.97. The van der Waals surface area contributed by atoms with Gasteiger partial charge in [-0.2, -0.15) is 0 Å². The van der Waals surface area contributed by atoms with Crippen molar-refractivity contribution in [3.8, 4) is 5.75 Å². The number of amides is 1. The predicted octanol–water partition coefficient (Wildman–Crippen LogP) is 4.04. The van der Waals surface area contributed by atoms with Crippen LogP contribution in [0.4, 0.5) is 0 Å². The predicted molar refractivity (Wildman–Crippen MR) is 94.8 cm³/mol. The van der Waals surface area contributed by atoms with Gasteiger partial charge in [-0.3, -0.25) is 4.79 Å². The van der Waals surface area contributed by atoms with E-state index < -0.39 is 6.10 Å². The van der Waals surface area contributed by atoms with Gasteiger partial charge in [-0.25, -0.2) is 0 Å². The quantitative estimate of drug-likeness (QED) is 0.801. The van der Waals surface area contributed by atoms with Crippen molar-refractivity contribution in [3.63, 3.8) is 0 Å².